The fourth-order valence-corrected chi connectivity index (χ4v) is 2.00. The molecule has 4 nitrogen and oxygen atoms in total. The van der Waals surface area contributed by atoms with Crippen LogP contribution in [0.4, 0.5) is 0 Å². The molecule has 0 aliphatic carbocycles. The van der Waals surface area contributed by atoms with Crippen molar-refractivity contribution in [2.75, 3.05) is 13.2 Å². The molecule has 1 unspecified atom stereocenters. The number of hydrogen-bond acceptors (Lipinski definition) is 4. The van der Waals surface area contributed by atoms with E-state index in [1.807, 2.05) is 0 Å². The number of carbonyl (C=O) groups excluding carboxylic acids is 1. The third-order valence-corrected chi connectivity index (χ3v) is 2.61. The first-order valence-electron chi connectivity index (χ1n) is 4.82. The van der Waals surface area contributed by atoms with Crippen LogP contribution in [-0.4, -0.2) is 34.8 Å². The third-order valence-electron chi connectivity index (χ3n) is 2.13. The first-order valence-corrected chi connectivity index (χ1v) is 5.61. The second-order valence-electron chi connectivity index (χ2n) is 3.15. The van der Waals surface area contributed by atoms with E-state index in [9.17, 15) is 4.79 Å². The maximum Gasteiger partial charge on any atom is 0.327 e. The minimum atomic E-state index is -0.211. The highest BCUT2D eigenvalue weighted by molar-refractivity contribution is 9.18. The highest BCUT2D eigenvalue weighted by atomic mass is 79.9. The van der Waals surface area contributed by atoms with Crippen LogP contribution in [0, 0.1) is 0 Å². The molecule has 0 saturated heterocycles. The molecule has 0 spiro atoms. The molecule has 0 fully saturated rings. The van der Waals surface area contributed by atoms with E-state index in [1.165, 1.54) is 0 Å². The molecule has 0 radical (unpaired) electrons. The molecule has 1 aliphatic heterocycles. The summed E-state index contributed by atoms with van der Waals surface area (Å²) < 4.78 is 5.78. The Morgan fingerprint density at radius 2 is 2.43 bits per heavy atom. The summed E-state index contributed by atoms with van der Waals surface area (Å²) in [5.74, 6) is -0.211. The van der Waals surface area contributed by atoms with E-state index in [1.54, 1.807) is 11.9 Å². The van der Waals surface area contributed by atoms with Gasteiger partial charge in [0.25, 0.3) is 0 Å². The van der Waals surface area contributed by atoms with Crippen LogP contribution in [0.15, 0.2) is 5.10 Å². The van der Waals surface area contributed by atoms with Crippen molar-refractivity contribution in [1.82, 2.24) is 5.01 Å². The standard InChI is InChI=1S/C9H15BrN2O2/c1-3-7-5-8(10)11-12(7)6-9(13)14-4-2/h7H,3-6H2,1-2H3. The molecule has 0 aromatic carbocycles. The zero-order chi connectivity index (χ0) is 10.6. The van der Waals surface area contributed by atoms with Crippen LogP contribution < -0.4 is 0 Å². The van der Waals surface area contributed by atoms with Gasteiger partial charge in [-0.1, -0.05) is 6.92 Å². The van der Waals surface area contributed by atoms with Gasteiger partial charge in [0.15, 0.2) is 0 Å². The van der Waals surface area contributed by atoms with E-state index < -0.39 is 0 Å². The summed E-state index contributed by atoms with van der Waals surface area (Å²) in [7, 11) is 0. The smallest absolute Gasteiger partial charge is 0.327 e. The maximum atomic E-state index is 11.2. The number of esters is 1. The first kappa shape index (κ1) is 11.5. The molecule has 1 rings (SSSR count). The van der Waals surface area contributed by atoms with Crippen LogP contribution in [0.1, 0.15) is 26.7 Å². The van der Waals surface area contributed by atoms with Crippen LogP contribution in [0.2, 0.25) is 0 Å². The molecular formula is C9H15BrN2O2. The molecule has 1 heterocycles. The van der Waals surface area contributed by atoms with Gasteiger partial charge in [0, 0.05) is 6.42 Å². The highest BCUT2D eigenvalue weighted by Crippen LogP contribution is 2.20. The number of ether oxygens (including phenoxy) is 1. The summed E-state index contributed by atoms with van der Waals surface area (Å²) >= 11 is 3.35. The lowest BCUT2D eigenvalue weighted by Crippen LogP contribution is -2.32. The zero-order valence-corrected chi connectivity index (χ0v) is 10.1. The topological polar surface area (TPSA) is 41.9 Å². The molecule has 0 saturated carbocycles. The number of hydrogen-bond donors (Lipinski definition) is 0. The van der Waals surface area contributed by atoms with Gasteiger partial charge in [0.2, 0.25) is 0 Å². The minimum Gasteiger partial charge on any atom is -0.465 e. The highest BCUT2D eigenvalue weighted by Gasteiger charge is 2.25. The van der Waals surface area contributed by atoms with Crippen molar-refractivity contribution in [2.24, 2.45) is 5.10 Å². The summed E-state index contributed by atoms with van der Waals surface area (Å²) in [5.41, 5.74) is 0. The van der Waals surface area contributed by atoms with Crippen molar-refractivity contribution < 1.29 is 9.53 Å². The minimum absolute atomic E-state index is 0.211. The van der Waals surface area contributed by atoms with E-state index in [0.29, 0.717) is 12.6 Å². The number of carbonyl (C=O) groups is 1. The predicted octanol–water partition coefficient (Wildman–Crippen LogP) is 1.74. The van der Waals surface area contributed by atoms with Crippen molar-refractivity contribution in [1.29, 1.82) is 0 Å². The number of hydrazone groups is 1. The molecule has 5 heteroatoms. The van der Waals surface area contributed by atoms with Gasteiger partial charge < -0.3 is 4.74 Å². The Morgan fingerprint density at radius 1 is 1.71 bits per heavy atom. The van der Waals surface area contributed by atoms with Crippen LogP contribution in [-0.2, 0) is 9.53 Å². The van der Waals surface area contributed by atoms with E-state index in [4.69, 9.17) is 4.74 Å². The molecule has 0 amide bonds. The quantitative estimate of drug-likeness (QED) is 0.725. The van der Waals surface area contributed by atoms with Gasteiger partial charge in [-0.05, 0) is 29.3 Å². The van der Waals surface area contributed by atoms with E-state index >= 15 is 0 Å². The van der Waals surface area contributed by atoms with Gasteiger partial charge in [-0.2, -0.15) is 5.10 Å². The fraction of sp³-hybridized carbons (Fsp3) is 0.778. The Balaban J connectivity index is 2.46. The zero-order valence-electron chi connectivity index (χ0n) is 8.49. The third kappa shape index (κ3) is 2.97. The molecular weight excluding hydrogens is 248 g/mol. The Hall–Kier alpha value is -0.580. The summed E-state index contributed by atoms with van der Waals surface area (Å²) in [6, 6.07) is 0.328. The average molecular weight is 263 g/mol. The average Bonchev–Trinajstić information content (AvgIpc) is 2.46. The monoisotopic (exact) mass is 262 g/mol. The lowest BCUT2D eigenvalue weighted by Gasteiger charge is -2.20. The first-order chi connectivity index (χ1) is 6.67. The second-order valence-corrected chi connectivity index (χ2v) is 4.06. The number of nitrogens with zero attached hydrogens (tertiary/aromatic N) is 2. The lowest BCUT2D eigenvalue weighted by molar-refractivity contribution is -0.144. The fourth-order valence-electron chi connectivity index (χ4n) is 1.42. The molecule has 0 aromatic heterocycles. The van der Waals surface area contributed by atoms with Crippen molar-refractivity contribution >= 4 is 26.5 Å². The molecule has 0 bridgehead atoms. The largest absolute Gasteiger partial charge is 0.465 e. The molecule has 1 aliphatic rings. The van der Waals surface area contributed by atoms with Gasteiger partial charge in [0.1, 0.15) is 11.2 Å². The Morgan fingerprint density at radius 3 is 3.00 bits per heavy atom. The Bertz CT molecular complexity index is 243. The lowest BCUT2D eigenvalue weighted by atomic mass is 10.2. The van der Waals surface area contributed by atoms with Gasteiger partial charge in [-0.15, -0.1) is 0 Å². The summed E-state index contributed by atoms with van der Waals surface area (Å²) in [4.78, 5) is 11.2. The Kier molecular flexibility index (Phi) is 4.38. The summed E-state index contributed by atoms with van der Waals surface area (Å²) in [6.45, 7) is 4.57. The van der Waals surface area contributed by atoms with Crippen LogP contribution in [0.5, 0.6) is 0 Å². The van der Waals surface area contributed by atoms with Gasteiger partial charge >= 0.3 is 5.97 Å². The maximum absolute atomic E-state index is 11.2. The van der Waals surface area contributed by atoms with Gasteiger partial charge in [-0.3, -0.25) is 9.80 Å². The molecule has 1 atom stereocenters. The molecule has 80 valence electrons. The normalized spacial score (nSPS) is 20.9. The van der Waals surface area contributed by atoms with Crippen LogP contribution in [0.3, 0.4) is 0 Å². The van der Waals surface area contributed by atoms with Crippen molar-refractivity contribution in [3.63, 3.8) is 0 Å². The van der Waals surface area contributed by atoms with E-state index in [0.717, 1.165) is 17.5 Å². The van der Waals surface area contributed by atoms with Crippen LogP contribution in [0.25, 0.3) is 0 Å². The molecule has 0 N–H and O–H groups in total. The number of halogens is 1. The van der Waals surface area contributed by atoms with Gasteiger partial charge in [0.05, 0.1) is 12.6 Å². The SMILES string of the molecule is CCOC(=O)CN1N=C(Br)CC1CC. The summed E-state index contributed by atoms with van der Waals surface area (Å²) in [6.07, 6.45) is 1.87. The molecule has 14 heavy (non-hydrogen) atoms. The van der Waals surface area contributed by atoms with E-state index in [2.05, 4.69) is 28.0 Å². The summed E-state index contributed by atoms with van der Waals surface area (Å²) in [5, 5.41) is 6.02. The molecule has 0 aromatic rings. The van der Waals surface area contributed by atoms with Crippen molar-refractivity contribution in [2.45, 2.75) is 32.7 Å². The van der Waals surface area contributed by atoms with Crippen molar-refractivity contribution in [3.8, 4) is 0 Å². The van der Waals surface area contributed by atoms with Crippen molar-refractivity contribution in [3.05, 3.63) is 0 Å². The van der Waals surface area contributed by atoms with Gasteiger partial charge in [-0.25, -0.2) is 0 Å². The second kappa shape index (κ2) is 5.34. The predicted molar refractivity (Wildman–Crippen MR) is 58.4 cm³/mol. The number of rotatable bonds is 4. The Labute approximate surface area is 92.4 Å². The van der Waals surface area contributed by atoms with Crippen LogP contribution >= 0.6 is 15.9 Å². The van der Waals surface area contributed by atoms with E-state index in [-0.39, 0.29) is 12.5 Å².